The molecule has 0 aliphatic heterocycles. The molecule has 0 aliphatic carbocycles. The van der Waals surface area contributed by atoms with Crippen molar-refractivity contribution in [3.05, 3.63) is 23.9 Å². The third kappa shape index (κ3) is 3.55. The molecule has 1 aromatic heterocycles. The van der Waals surface area contributed by atoms with E-state index in [9.17, 15) is 0 Å². The lowest BCUT2D eigenvalue weighted by molar-refractivity contribution is 0.975. The smallest absolute Gasteiger partial charge is 0.202 e. The van der Waals surface area contributed by atoms with Crippen LogP contribution in [0.2, 0.25) is 0 Å². The van der Waals surface area contributed by atoms with Gasteiger partial charge in [0.05, 0.1) is 6.20 Å². The molecule has 0 fully saturated rings. The van der Waals surface area contributed by atoms with Crippen LogP contribution in [-0.2, 0) is 0 Å². The summed E-state index contributed by atoms with van der Waals surface area (Å²) in [5.74, 6) is 0.352. The average Bonchev–Trinajstić information content (AvgIpc) is 2.22. The SMILES string of the molecule is C/C=C\c1ccnnc1N=N.CC. The van der Waals surface area contributed by atoms with Crippen molar-refractivity contribution < 1.29 is 0 Å². The first-order chi connectivity index (χ1) is 6.38. The van der Waals surface area contributed by atoms with Crippen molar-refractivity contribution in [3.63, 3.8) is 0 Å². The molecule has 0 aromatic carbocycles. The highest BCUT2D eigenvalue weighted by Gasteiger charge is 1.96. The van der Waals surface area contributed by atoms with Crippen LogP contribution < -0.4 is 0 Å². The number of rotatable bonds is 2. The minimum atomic E-state index is 0.352. The molecular weight excluding hydrogens is 164 g/mol. The first kappa shape index (κ1) is 11.4. The van der Waals surface area contributed by atoms with Crippen molar-refractivity contribution in [2.24, 2.45) is 5.11 Å². The van der Waals surface area contributed by atoms with Crippen LogP contribution in [0.4, 0.5) is 5.82 Å². The Bertz CT molecular complexity index is 281. The Kier molecular flexibility index (Phi) is 6.23. The van der Waals surface area contributed by atoms with Gasteiger partial charge >= 0.3 is 0 Å². The van der Waals surface area contributed by atoms with Crippen LogP contribution >= 0.6 is 0 Å². The van der Waals surface area contributed by atoms with Gasteiger partial charge in [0.1, 0.15) is 0 Å². The summed E-state index contributed by atoms with van der Waals surface area (Å²) in [6.07, 6.45) is 5.28. The van der Waals surface area contributed by atoms with Crippen LogP contribution in [0, 0.1) is 5.53 Å². The number of hydrogen-bond acceptors (Lipinski definition) is 4. The molecule has 4 nitrogen and oxygen atoms in total. The zero-order valence-electron chi connectivity index (χ0n) is 8.15. The Morgan fingerprint density at radius 2 is 2.15 bits per heavy atom. The minimum Gasteiger partial charge on any atom is -0.203 e. The fourth-order valence-electron chi connectivity index (χ4n) is 0.730. The summed E-state index contributed by atoms with van der Waals surface area (Å²) in [6, 6.07) is 1.76. The quantitative estimate of drug-likeness (QED) is 0.707. The average molecular weight is 178 g/mol. The highest BCUT2D eigenvalue weighted by Crippen LogP contribution is 2.14. The van der Waals surface area contributed by atoms with Gasteiger partial charge in [-0.15, -0.1) is 10.2 Å². The molecule has 1 rings (SSSR count). The molecule has 0 bridgehead atoms. The Balaban J connectivity index is 0.000000671. The van der Waals surface area contributed by atoms with Crippen molar-refractivity contribution in [3.8, 4) is 0 Å². The monoisotopic (exact) mass is 178 g/mol. The minimum absolute atomic E-state index is 0.352. The number of nitrogens with zero attached hydrogens (tertiary/aromatic N) is 3. The van der Waals surface area contributed by atoms with Crippen LogP contribution in [0.5, 0.6) is 0 Å². The molecule has 0 atom stereocenters. The van der Waals surface area contributed by atoms with Gasteiger partial charge in [0, 0.05) is 5.56 Å². The standard InChI is InChI=1S/C7H8N4.C2H6/c1-2-3-6-4-5-9-11-7(6)10-8;1-2/h2-5,8H,1H3;1-2H3/b3-2-,10-8?;. The Hall–Kier alpha value is -1.58. The van der Waals surface area contributed by atoms with Gasteiger partial charge in [-0.3, -0.25) is 0 Å². The molecule has 0 spiro atoms. The number of hydrogen-bond donors (Lipinski definition) is 1. The van der Waals surface area contributed by atoms with Crippen LogP contribution in [0.1, 0.15) is 26.3 Å². The van der Waals surface area contributed by atoms with Crippen LogP contribution in [0.25, 0.3) is 6.08 Å². The molecule has 13 heavy (non-hydrogen) atoms. The molecule has 1 heterocycles. The maximum Gasteiger partial charge on any atom is 0.202 e. The van der Waals surface area contributed by atoms with Crippen LogP contribution in [0.15, 0.2) is 23.5 Å². The zero-order valence-corrected chi connectivity index (χ0v) is 8.15. The second-order valence-corrected chi connectivity index (χ2v) is 1.92. The molecule has 0 amide bonds. The van der Waals surface area contributed by atoms with E-state index in [4.69, 9.17) is 5.53 Å². The van der Waals surface area contributed by atoms with Gasteiger partial charge in [0.2, 0.25) is 5.82 Å². The lowest BCUT2D eigenvalue weighted by Gasteiger charge is -1.92. The van der Waals surface area contributed by atoms with Gasteiger partial charge in [-0.1, -0.05) is 26.0 Å². The normalized spacial score (nSPS) is 9.15. The van der Waals surface area contributed by atoms with Crippen molar-refractivity contribution >= 4 is 11.9 Å². The Morgan fingerprint density at radius 1 is 1.46 bits per heavy atom. The predicted octanol–water partition coefficient (Wildman–Crippen LogP) is 3.20. The van der Waals surface area contributed by atoms with Crippen molar-refractivity contribution in [2.75, 3.05) is 0 Å². The van der Waals surface area contributed by atoms with E-state index in [1.54, 1.807) is 12.3 Å². The van der Waals surface area contributed by atoms with Gasteiger partial charge in [0.15, 0.2) is 0 Å². The van der Waals surface area contributed by atoms with Gasteiger partial charge < -0.3 is 0 Å². The van der Waals surface area contributed by atoms with Gasteiger partial charge in [-0.25, -0.2) is 5.53 Å². The molecule has 0 saturated carbocycles. The van der Waals surface area contributed by atoms with E-state index in [-0.39, 0.29) is 0 Å². The molecule has 0 aliphatic rings. The van der Waals surface area contributed by atoms with E-state index < -0.39 is 0 Å². The Morgan fingerprint density at radius 3 is 2.69 bits per heavy atom. The van der Waals surface area contributed by atoms with E-state index >= 15 is 0 Å². The van der Waals surface area contributed by atoms with E-state index in [1.807, 2.05) is 32.9 Å². The van der Waals surface area contributed by atoms with Gasteiger partial charge in [-0.2, -0.15) is 5.10 Å². The maximum atomic E-state index is 6.75. The summed E-state index contributed by atoms with van der Waals surface area (Å²) in [7, 11) is 0. The van der Waals surface area contributed by atoms with E-state index in [0.29, 0.717) is 5.82 Å². The van der Waals surface area contributed by atoms with Crippen molar-refractivity contribution in [1.82, 2.24) is 10.2 Å². The molecular formula is C9H14N4. The van der Waals surface area contributed by atoms with E-state index in [1.165, 1.54) is 0 Å². The molecule has 1 aromatic rings. The van der Waals surface area contributed by atoms with Crippen LogP contribution in [-0.4, -0.2) is 10.2 Å². The van der Waals surface area contributed by atoms with Gasteiger partial charge in [0.25, 0.3) is 0 Å². The highest BCUT2D eigenvalue weighted by atomic mass is 15.2. The largest absolute Gasteiger partial charge is 0.203 e. The third-order valence-electron chi connectivity index (χ3n) is 1.18. The second kappa shape index (κ2) is 7.09. The number of aromatic nitrogens is 2. The molecule has 0 unspecified atom stereocenters. The van der Waals surface area contributed by atoms with E-state index in [0.717, 1.165) is 5.56 Å². The highest BCUT2D eigenvalue weighted by molar-refractivity contribution is 5.58. The summed E-state index contributed by atoms with van der Waals surface area (Å²) in [5.41, 5.74) is 7.57. The molecule has 4 heteroatoms. The first-order valence-corrected chi connectivity index (χ1v) is 4.20. The fraction of sp³-hybridized carbons (Fsp3) is 0.333. The summed E-state index contributed by atoms with van der Waals surface area (Å²) < 4.78 is 0. The predicted molar refractivity (Wildman–Crippen MR) is 52.9 cm³/mol. The second-order valence-electron chi connectivity index (χ2n) is 1.92. The third-order valence-corrected chi connectivity index (χ3v) is 1.18. The number of nitrogens with one attached hydrogen (secondary N) is 1. The fourth-order valence-corrected chi connectivity index (χ4v) is 0.730. The maximum absolute atomic E-state index is 6.75. The van der Waals surface area contributed by atoms with Crippen LogP contribution in [0.3, 0.4) is 0 Å². The summed E-state index contributed by atoms with van der Waals surface area (Å²) in [6.45, 7) is 5.90. The summed E-state index contributed by atoms with van der Waals surface area (Å²) in [4.78, 5) is 0. The van der Waals surface area contributed by atoms with E-state index in [2.05, 4.69) is 15.3 Å². The number of allylic oxidation sites excluding steroid dienone is 1. The van der Waals surface area contributed by atoms with Crippen molar-refractivity contribution in [2.45, 2.75) is 20.8 Å². The topological polar surface area (TPSA) is 62.0 Å². The summed E-state index contributed by atoms with van der Waals surface area (Å²) >= 11 is 0. The molecule has 0 saturated heterocycles. The van der Waals surface area contributed by atoms with Gasteiger partial charge in [-0.05, 0) is 13.0 Å². The lowest BCUT2D eigenvalue weighted by Crippen LogP contribution is -1.82. The lowest BCUT2D eigenvalue weighted by atomic mass is 10.2. The molecule has 70 valence electrons. The molecule has 0 radical (unpaired) electrons. The summed E-state index contributed by atoms with van der Waals surface area (Å²) in [5, 5.41) is 10.5. The Labute approximate surface area is 78.2 Å². The molecule has 1 N–H and O–H groups in total. The zero-order chi connectivity index (χ0) is 10.1. The first-order valence-electron chi connectivity index (χ1n) is 4.20. The van der Waals surface area contributed by atoms with Crippen molar-refractivity contribution in [1.29, 1.82) is 5.53 Å².